The molecule has 0 unspecified atom stereocenters. The molecule has 0 fully saturated rings. The van der Waals surface area contributed by atoms with Crippen LogP contribution < -0.4 is 10.6 Å². The number of nitriles is 1. The third-order valence-electron chi connectivity index (χ3n) is 3.43. The highest BCUT2D eigenvalue weighted by Gasteiger charge is 2.07. The smallest absolute Gasteiger partial charge is 0.337 e. The number of methoxy groups -OCH3 is 1. The molecule has 3 rings (SSSR count). The summed E-state index contributed by atoms with van der Waals surface area (Å²) in [5.41, 5.74) is 2.26. The molecule has 8 nitrogen and oxygen atoms in total. The van der Waals surface area contributed by atoms with Crippen molar-refractivity contribution in [2.45, 2.75) is 0 Å². The summed E-state index contributed by atoms with van der Waals surface area (Å²) in [5, 5.41) is 23.0. The van der Waals surface area contributed by atoms with Gasteiger partial charge in [0.2, 0.25) is 5.95 Å². The molecular formula is C18H14N6O2. The van der Waals surface area contributed by atoms with Crippen LogP contribution in [-0.4, -0.2) is 28.3 Å². The van der Waals surface area contributed by atoms with Gasteiger partial charge in [0.15, 0.2) is 5.82 Å². The minimum Gasteiger partial charge on any atom is -0.465 e. The maximum atomic E-state index is 11.4. The van der Waals surface area contributed by atoms with E-state index < -0.39 is 5.97 Å². The highest BCUT2D eigenvalue weighted by atomic mass is 16.5. The molecule has 1 aromatic heterocycles. The Morgan fingerprint density at radius 3 is 2.62 bits per heavy atom. The largest absolute Gasteiger partial charge is 0.465 e. The van der Waals surface area contributed by atoms with E-state index in [-0.39, 0.29) is 5.95 Å². The van der Waals surface area contributed by atoms with Gasteiger partial charge >= 0.3 is 5.97 Å². The second-order valence-electron chi connectivity index (χ2n) is 5.14. The van der Waals surface area contributed by atoms with Crippen LogP contribution in [0.3, 0.4) is 0 Å². The van der Waals surface area contributed by atoms with E-state index in [1.54, 1.807) is 42.5 Å². The van der Waals surface area contributed by atoms with E-state index in [0.717, 1.165) is 0 Å². The van der Waals surface area contributed by atoms with Gasteiger partial charge < -0.3 is 15.4 Å². The van der Waals surface area contributed by atoms with E-state index in [2.05, 4.69) is 36.6 Å². The standard InChI is InChI=1S/C18H14N6O2/c1-26-17(25)12-6-8-14(9-7-12)21-18-23-16(11-20-24-18)22-15-5-3-2-4-13(15)10-19/h2-9,11H,1H3,(H2,21,22,23,24). The predicted octanol–water partition coefficient (Wildman–Crippen LogP) is 3.02. The van der Waals surface area contributed by atoms with Gasteiger partial charge in [0, 0.05) is 5.69 Å². The Morgan fingerprint density at radius 2 is 1.88 bits per heavy atom. The van der Waals surface area contributed by atoms with Crippen molar-refractivity contribution in [1.82, 2.24) is 15.2 Å². The van der Waals surface area contributed by atoms with Crippen molar-refractivity contribution < 1.29 is 9.53 Å². The van der Waals surface area contributed by atoms with E-state index in [1.165, 1.54) is 13.3 Å². The number of carbonyl (C=O) groups excluding carboxylic acids is 1. The summed E-state index contributed by atoms with van der Waals surface area (Å²) < 4.78 is 4.66. The molecule has 26 heavy (non-hydrogen) atoms. The first kappa shape index (κ1) is 16.9. The third kappa shape index (κ3) is 3.91. The van der Waals surface area contributed by atoms with E-state index in [1.807, 2.05) is 6.07 Å². The minimum atomic E-state index is -0.406. The number of hydrogen-bond donors (Lipinski definition) is 2. The lowest BCUT2D eigenvalue weighted by Gasteiger charge is -2.09. The fourth-order valence-corrected chi connectivity index (χ4v) is 2.18. The van der Waals surface area contributed by atoms with Crippen LogP contribution in [0.2, 0.25) is 0 Å². The quantitative estimate of drug-likeness (QED) is 0.678. The van der Waals surface area contributed by atoms with Crippen LogP contribution in [-0.2, 0) is 4.74 Å². The maximum Gasteiger partial charge on any atom is 0.337 e. The van der Waals surface area contributed by atoms with Crippen LogP contribution in [0.1, 0.15) is 15.9 Å². The molecule has 0 radical (unpaired) electrons. The molecule has 0 saturated heterocycles. The summed E-state index contributed by atoms with van der Waals surface area (Å²) in [4.78, 5) is 15.8. The lowest BCUT2D eigenvalue weighted by Crippen LogP contribution is -2.04. The molecule has 8 heteroatoms. The Labute approximate surface area is 149 Å². The fourth-order valence-electron chi connectivity index (χ4n) is 2.18. The van der Waals surface area contributed by atoms with Gasteiger partial charge in [-0.3, -0.25) is 0 Å². The molecule has 128 valence electrons. The van der Waals surface area contributed by atoms with Crippen molar-refractivity contribution in [3.05, 3.63) is 65.9 Å². The average Bonchev–Trinajstić information content (AvgIpc) is 2.69. The highest BCUT2D eigenvalue weighted by Crippen LogP contribution is 2.20. The number of rotatable bonds is 5. The van der Waals surface area contributed by atoms with Crippen molar-refractivity contribution >= 4 is 29.1 Å². The number of nitrogens with zero attached hydrogens (tertiary/aromatic N) is 4. The monoisotopic (exact) mass is 346 g/mol. The van der Waals surface area contributed by atoms with E-state index in [9.17, 15) is 4.79 Å². The van der Waals surface area contributed by atoms with Crippen molar-refractivity contribution in [2.75, 3.05) is 17.7 Å². The second kappa shape index (κ2) is 7.72. The fraction of sp³-hybridized carbons (Fsp3) is 0.0556. The van der Waals surface area contributed by atoms with Gasteiger partial charge in [-0.05, 0) is 36.4 Å². The van der Waals surface area contributed by atoms with Crippen LogP contribution in [0.15, 0.2) is 54.7 Å². The summed E-state index contributed by atoms with van der Waals surface area (Å²) in [5.74, 6) is 0.309. The summed E-state index contributed by atoms with van der Waals surface area (Å²) in [6.45, 7) is 0. The zero-order valence-electron chi connectivity index (χ0n) is 13.8. The molecule has 0 bridgehead atoms. The van der Waals surface area contributed by atoms with Gasteiger partial charge in [0.1, 0.15) is 6.07 Å². The lowest BCUT2D eigenvalue weighted by molar-refractivity contribution is 0.0601. The van der Waals surface area contributed by atoms with Crippen LogP contribution in [0.5, 0.6) is 0 Å². The molecule has 0 aliphatic heterocycles. The molecule has 2 N–H and O–H groups in total. The summed E-state index contributed by atoms with van der Waals surface area (Å²) in [6.07, 6.45) is 1.46. The number of carbonyl (C=O) groups is 1. The van der Waals surface area contributed by atoms with Crippen LogP contribution in [0.4, 0.5) is 23.1 Å². The van der Waals surface area contributed by atoms with Crippen LogP contribution >= 0.6 is 0 Å². The first-order valence-corrected chi connectivity index (χ1v) is 7.61. The van der Waals surface area contributed by atoms with Gasteiger partial charge in [-0.2, -0.15) is 15.3 Å². The Kier molecular flexibility index (Phi) is 5.00. The van der Waals surface area contributed by atoms with Crippen molar-refractivity contribution in [1.29, 1.82) is 5.26 Å². The number of hydrogen-bond acceptors (Lipinski definition) is 8. The number of anilines is 4. The zero-order chi connectivity index (χ0) is 18.4. The minimum absolute atomic E-state index is 0.273. The van der Waals surface area contributed by atoms with Gasteiger partial charge in [0.25, 0.3) is 0 Å². The summed E-state index contributed by atoms with van der Waals surface area (Å²) in [6, 6.07) is 15.9. The molecule has 2 aromatic carbocycles. The van der Waals surface area contributed by atoms with Crippen LogP contribution in [0.25, 0.3) is 0 Å². The summed E-state index contributed by atoms with van der Waals surface area (Å²) in [7, 11) is 1.33. The van der Waals surface area contributed by atoms with Crippen molar-refractivity contribution in [3.8, 4) is 6.07 Å². The number of benzene rings is 2. The van der Waals surface area contributed by atoms with Gasteiger partial charge in [-0.1, -0.05) is 12.1 Å². The highest BCUT2D eigenvalue weighted by molar-refractivity contribution is 5.89. The molecule has 3 aromatic rings. The molecular weight excluding hydrogens is 332 g/mol. The van der Waals surface area contributed by atoms with Crippen molar-refractivity contribution in [2.24, 2.45) is 0 Å². The molecule has 0 atom stereocenters. The lowest BCUT2D eigenvalue weighted by atomic mass is 10.2. The molecule has 0 aliphatic rings. The average molecular weight is 346 g/mol. The molecule has 0 saturated carbocycles. The zero-order valence-corrected chi connectivity index (χ0v) is 13.8. The number of para-hydroxylation sites is 1. The van der Waals surface area contributed by atoms with E-state index in [0.29, 0.717) is 28.3 Å². The Hall–Kier alpha value is -3.99. The third-order valence-corrected chi connectivity index (χ3v) is 3.43. The number of esters is 1. The predicted molar refractivity (Wildman–Crippen MR) is 95.3 cm³/mol. The first-order chi connectivity index (χ1) is 12.7. The van der Waals surface area contributed by atoms with Crippen LogP contribution in [0, 0.1) is 11.3 Å². The Bertz CT molecular complexity index is 966. The molecule has 1 heterocycles. The van der Waals surface area contributed by atoms with Crippen molar-refractivity contribution in [3.63, 3.8) is 0 Å². The Morgan fingerprint density at radius 1 is 1.12 bits per heavy atom. The summed E-state index contributed by atoms with van der Waals surface area (Å²) >= 11 is 0. The number of nitrogens with one attached hydrogen (secondary N) is 2. The first-order valence-electron chi connectivity index (χ1n) is 7.61. The molecule has 0 aliphatic carbocycles. The molecule has 0 spiro atoms. The topological polar surface area (TPSA) is 113 Å². The van der Waals surface area contributed by atoms with E-state index >= 15 is 0 Å². The number of aromatic nitrogens is 3. The maximum absolute atomic E-state index is 11.4. The number of ether oxygens (including phenoxy) is 1. The second-order valence-corrected chi connectivity index (χ2v) is 5.14. The normalized spacial score (nSPS) is 9.85. The molecule has 0 amide bonds. The van der Waals surface area contributed by atoms with Gasteiger partial charge in [-0.15, -0.1) is 5.10 Å². The van der Waals surface area contributed by atoms with E-state index in [4.69, 9.17) is 5.26 Å². The van der Waals surface area contributed by atoms with Gasteiger partial charge in [-0.25, -0.2) is 4.79 Å². The SMILES string of the molecule is COC(=O)c1ccc(Nc2nncc(Nc3ccccc3C#N)n2)cc1. The van der Waals surface area contributed by atoms with Gasteiger partial charge in [0.05, 0.1) is 30.1 Å². The Balaban J connectivity index is 1.75.